The zero-order chi connectivity index (χ0) is 15.0. The fourth-order valence-corrected chi connectivity index (χ4v) is 1.88. The van der Waals surface area contributed by atoms with E-state index in [-0.39, 0.29) is 13.0 Å². The predicted molar refractivity (Wildman–Crippen MR) is 73.6 cm³/mol. The number of hydrogen-bond donors (Lipinski definition) is 0. The molecule has 0 aliphatic carbocycles. The van der Waals surface area contributed by atoms with Gasteiger partial charge in [-0.25, -0.2) is 4.79 Å². The van der Waals surface area contributed by atoms with Crippen molar-refractivity contribution in [3.63, 3.8) is 0 Å². The first-order chi connectivity index (χ1) is 9.38. The molecule has 0 heterocycles. The zero-order valence-corrected chi connectivity index (χ0v) is 12.5. The summed E-state index contributed by atoms with van der Waals surface area (Å²) in [6.07, 6.45) is -2.98. The summed E-state index contributed by atoms with van der Waals surface area (Å²) in [7, 11) is 0. The smallest absolute Gasteiger partial charge is 0.389 e. The van der Waals surface area contributed by atoms with Crippen LogP contribution in [0.15, 0.2) is 28.7 Å². The highest BCUT2D eigenvalue weighted by molar-refractivity contribution is 9.10. The van der Waals surface area contributed by atoms with E-state index in [0.29, 0.717) is 24.8 Å². The number of alkyl halides is 3. The van der Waals surface area contributed by atoms with Gasteiger partial charge in [0.25, 0.3) is 0 Å². The Bertz CT molecular complexity index is 415. The first kappa shape index (κ1) is 17.0. The summed E-state index contributed by atoms with van der Waals surface area (Å²) >= 11 is 3.26. The van der Waals surface area contributed by atoms with E-state index in [2.05, 4.69) is 15.9 Å². The maximum Gasteiger partial charge on any atom is 0.389 e. The lowest BCUT2D eigenvalue weighted by Gasteiger charge is -2.06. The van der Waals surface area contributed by atoms with Crippen molar-refractivity contribution in [1.29, 1.82) is 0 Å². The predicted octanol–water partition coefficient (Wildman–Crippen LogP) is 5.12. The molecule has 0 unspecified atom stereocenters. The van der Waals surface area contributed by atoms with Crippen LogP contribution in [0.25, 0.3) is 0 Å². The summed E-state index contributed by atoms with van der Waals surface area (Å²) in [6, 6.07) is 6.78. The molecule has 0 fully saturated rings. The van der Waals surface area contributed by atoms with Crippen LogP contribution >= 0.6 is 15.9 Å². The lowest BCUT2D eigenvalue weighted by molar-refractivity contribution is -0.135. The third-order valence-corrected chi connectivity index (χ3v) is 3.20. The second-order valence-electron chi connectivity index (χ2n) is 4.42. The van der Waals surface area contributed by atoms with Crippen molar-refractivity contribution >= 4 is 21.9 Å². The molecule has 2 nitrogen and oxygen atoms in total. The molecule has 112 valence electrons. The third kappa shape index (κ3) is 7.53. The highest BCUT2D eigenvalue weighted by Crippen LogP contribution is 2.22. The lowest BCUT2D eigenvalue weighted by Crippen LogP contribution is -2.07. The van der Waals surface area contributed by atoms with Crippen LogP contribution in [0.4, 0.5) is 13.2 Å². The highest BCUT2D eigenvalue weighted by atomic mass is 79.9. The number of rotatable bonds is 7. The van der Waals surface area contributed by atoms with Crippen LogP contribution in [0.2, 0.25) is 0 Å². The van der Waals surface area contributed by atoms with Crippen LogP contribution in [0.5, 0.6) is 0 Å². The minimum atomic E-state index is -4.08. The quantitative estimate of drug-likeness (QED) is 0.502. The molecule has 0 radical (unpaired) electrons. The topological polar surface area (TPSA) is 26.3 Å². The van der Waals surface area contributed by atoms with Gasteiger partial charge in [-0.2, -0.15) is 13.2 Å². The standard InChI is InChI=1S/C14H16BrF3O2/c15-12-7-5-11(6-8-12)13(19)20-10-4-2-1-3-9-14(16,17)18/h5-8H,1-4,9-10H2. The number of esters is 1. The Kier molecular flexibility index (Phi) is 7.05. The number of unbranched alkanes of at least 4 members (excludes halogenated alkanes) is 3. The average Bonchev–Trinajstić information content (AvgIpc) is 2.37. The monoisotopic (exact) mass is 352 g/mol. The van der Waals surface area contributed by atoms with Crippen molar-refractivity contribution in [3.05, 3.63) is 34.3 Å². The Morgan fingerprint density at radius 2 is 1.65 bits per heavy atom. The molecule has 1 rings (SSSR count). The van der Waals surface area contributed by atoms with E-state index in [1.54, 1.807) is 24.3 Å². The van der Waals surface area contributed by atoms with Gasteiger partial charge in [-0.1, -0.05) is 28.8 Å². The molecule has 0 saturated carbocycles. The van der Waals surface area contributed by atoms with Crippen LogP contribution < -0.4 is 0 Å². The van der Waals surface area contributed by atoms with E-state index in [0.717, 1.165) is 4.47 Å². The Labute approximate surface area is 124 Å². The van der Waals surface area contributed by atoms with E-state index in [9.17, 15) is 18.0 Å². The van der Waals surface area contributed by atoms with Crippen LogP contribution in [0, 0.1) is 0 Å². The Morgan fingerprint density at radius 3 is 2.25 bits per heavy atom. The maximum atomic E-state index is 11.9. The van der Waals surface area contributed by atoms with E-state index in [4.69, 9.17) is 4.74 Å². The van der Waals surface area contributed by atoms with Crippen LogP contribution in [-0.4, -0.2) is 18.8 Å². The van der Waals surface area contributed by atoms with Gasteiger partial charge in [0.2, 0.25) is 0 Å². The van der Waals surface area contributed by atoms with Gasteiger partial charge < -0.3 is 4.74 Å². The summed E-state index contributed by atoms with van der Waals surface area (Å²) in [4.78, 5) is 11.6. The van der Waals surface area contributed by atoms with Gasteiger partial charge in [0.05, 0.1) is 12.2 Å². The van der Waals surface area contributed by atoms with Crippen LogP contribution in [0.3, 0.4) is 0 Å². The van der Waals surface area contributed by atoms with Gasteiger partial charge in [0, 0.05) is 10.9 Å². The Hall–Kier alpha value is -1.04. The molecule has 0 bridgehead atoms. The highest BCUT2D eigenvalue weighted by Gasteiger charge is 2.25. The molecule has 6 heteroatoms. The number of carbonyl (C=O) groups is 1. The van der Waals surface area contributed by atoms with Crippen LogP contribution in [0.1, 0.15) is 42.5 Å². The molecule has 0 N–H and O–H groups in total. The minimum absolute atomic E-state index is 0.129. The van der Waals surface area contributed by atoms with Gasteiger partial charge in [-0.05, 0) is 37.1 Å². The van der Waals surface area contributed by atoms with Crippen molar-refractivity contribution in [2.24, 2.45) is 0 Å². The van der Waals surface area contributed by atoms with Crippen molar-refractivity contribution in [3.8, 4) is 0 Å². The summed E-state index contributed by atoms with van der Waals surface area (Å²) < 4.78 is 41.6. The van der Waals surface area contributed by atoms with E-state index >= 15 is 0 Å². The lowest BCUT2D eigenvalue weighted by atomic mass is 10.1. The third-order valence-electron chi connectivity index (χ3n) is 2.67. The molecule has 20 heavy (non-hydrogen) atoms. The van der Waals surface area contributed by atoms with Crippen molar-refractivity contribution in [2.45, 2.75) is 38.3 Å². The van der Waals surface area contributed by atoms with Crippen molar-refractivity contribution in [2.75, 3.05) is 6.61 Å². The molecule has 0 aromatic heterocycles. The Balaban J connectivity index is 2.09. The molecule has 0 aliphatic rings. The summed E-state index contributed by atoms with van der Waals surface area (Å²) in [6.45, 7) is 0.237. The number of halogens is 4. The SMILES string of the molecule is O=C(OCCCCCCC(F)(F)F)c1ccc(Br)cc1. The number of carbonyl (C=O) groups excluding carboxylic acids is 1. The molecule has 1 aromatic rings. The number of hydrogen-bond acceptors (Lipinski definition) is 2. The second kappa shape index (κ2) is 8.29. The van der Waals surface area contributed by atoms with Gasteiger partial charge in [-0.15, -0.1) is 0 Å². The molecule has 0 amide bonds. The van der Waals surface area contributed by atoms with Gasteiger partial charge >= 0.3 is 12.1 Å². The molecular formula is C14H16BrF3O2. The minimum Gasteiger partial charge on any atom is -0.462 e. The molecular weight excluding hydrogens is 337 g/mol. The molecule has 0 aliphatic heterocycles. The average molecular weight is 353 g/mol. The van der Waals surface area contributed by atoms with Gasteiger partial charge in [-0.3, -0.25) is 0 Å². The fourth-order valence-electron chi connectivity index (χ4n) is 1.62. The van der Waals surface area contributed by atoms with Crippen molar-refractivity contribution < 1.29 is 22.7 Å². The van der Waals surface area contributed by atoms with Gasteiger partial charge in [0.15, 0.2) is 0 Å². The molecule has 1 aromatic carbocycles. The fraction of sp³-hybridized carbons (Fsp3) is 0.500. The first-order valence-corrected chi connectivity index (χ1v) is 7.17. The molecule has 0 saturated heterocycles. The number of benzene rings is 1. The largest absolute Gasteiger partial charge is 0.462 e. The van der Waals surface area contributed by atoms with Gasteiger partial charge in [0.1, 0.15) is 0 Å². The zero-order valence-electron chi connectivity index (χ0n) is 10.9. The normalized spacial score (nSPS) is 11.4. The number of ether oxygens (including phenoxy) is 1. The molecule has 0 spiro atoms. The van der Waals surface area contributed by atoms with E-state index < -0.39 is 18.6 Å². The second-order valence-corrected chi connectivity index (χ2v) is 5.34. The van der Waals surface area contributed by atoms with E-state index in [1.165, 1.54) is 0 Å². The first-order valence-electron chi connectivity index (χ1n) is 6.38. The summed E-state index contributed by atoms with van der Waals surface area (Å²) in [5.41, 5.74) is 0.463. The maximum absolute atomic E-state index is 11.9. The van der Waals surface area contributed by atoms with E-state index in [1.807, 2.05) is 0 Å². The summed E-state index contributed by atoms with van der Waals surface area (Å²) in [5.74, 6) is -0.409. The van der Waals surface area contributed by atoms with Crippen LogP contribution in [-0.2, 0) is 4.74 Å². The molecule has 0 atom stereocenters. The Morgan fingerprint density at radius 1 is 1.05 bits per heavy atom. The van der Waals surface area contributed by atoms with Crippen molar-refractivity contribution in [1.82, 2.24) is 0 Å². The summed E-state index contributed by atoms with van der Waals surface area (Å²) in [5, 5.41) is 0.